The Kier molecular flexibility index (Phi) is 5.24. The third kappa shape index (κ3) is 3.81. The monoisotopic (exact) mass is 359 g/mol. The molecule has 126 valence electrons. The number of nitrogens with two attached hydrogens (primary N) is 1. The van der Waals surface area contributed by atoms with E-state index in [0.717, 1.165) is 33.0 Å². The molecule has 0 unspecified atom stereocenters. The zero-order valence-electron chi connectivity index (χ0n) is 14.1. The molecule has 3 N–H and O–H groups in total. The lowest BCUT2D eigenvalue weighted by Crippen LogP contribution is -2.17. The number of hydrogen-bond acceptors (Lipinski definition) is 6. The van der Waals surface area contributed by atoms with Gasteiger partial charge in [-0.05, 0) is 37.0 Å². The van der Waals surface area contributed by atoms with Crippen molar-refractivity contribution in [3.05, 3.63) is 34.6 Å². The fraction of sp³-hybridized carbons (Fsp3) is 0.389. The molecule has 0 aromatic carbocycles. The van der Waals surface area contributed by atoms with Crippen LogP contribution in [0.1, 0.15) is 37.0 Å². The van der Waals surface area contributed by atoms with Gasteiger partial charge in [-0.1, -0.05) is 25.7 Å². The van der Waals surface area contributed by atoms with E-state index >= 15 is 0 Å². The highest BCUT2D eigenvalue weighted by Crippen LogP contribution is 2.39. The summed E-state index contributed by atoms with van der Waals surface area (Å²) in [5.74, 6) is 7.83. The number of nitrogens with one attached hydrogen (secondary N) is 1. The summed E-state index contributed by atoms with van der Waals surface area (Å²) in [6.45, 7) is 6.87. The summed E-state index contributed by atoms with van der Waals surface area (Å²) in [4.78, 5) is 1.23. The molecule has 6 heteroatoms. The third-order valence-electron chi connectivity index (χ3n) is 3.39. The maximum atomic E-state index is 6.01. The van der Waals surface area contributed by atoms with Crippen LogP contribution in [-0.2, 0) is 13.0 Å². The van der Waals surface area contributed by atoms with E-state index in [1.54, 1.807) is 17.6 Å². The SMILES string of the molecule is CC(C)C#Cc1c(C[C@H](C)N)sc2c(NCc3ccco3)snc12. The van der Waals surface area contributed by atoms with Crippen molar-refractivity contribution >= 4 is 38.1 Å². The molecule has 0 amide bonds. The molecule has 0 radical (unpaired) electrons. The van der Waals surface area contributed by atoms with Gasteiger partial charge in [0.05, 0.1) is 23.1 Å². The van der Waals surface area contributed by atoms with E-state index in [0.29, 0.717) is 12.5 Å². The normalized spacial score (nSPS) is 12.4. The van der Waals surface area contributed by atoms with Crippen molar-refractivity contribution in [3.8, 4) is 11.8 Å². The molecular formula is C18H21N3OS2. The number of thiophene rings is 1. The zero-order valence-corrected chi connectivity index (χ0v) is 15.7. The fourth-order valence-electron chi connectivity index (χ4n) is 2.32. The van der Waals surface area contributed by atoms with Gasteiger partial charge >= 0.3 is 0 Å². The largest absolute Gasteiger partial charge is 0.467 e. The number of aromatic nitrogens is 1. The summed E-state index contributed by atoms with van der Waals surface area (Å²) < 4.78 is 11.2. The minimum absolute atomic E-state index is 0.107. The van der Waals surface area contributed by atoms with E-state index in [4.69, 9.17) is 10.2 Å². The summed E-state index contributed by atoms with van der Waals surface area (Å²) in [6, 6.07) is 3.96. The maximum Gasteiger partial charge on any atom is 0.127 e. The lowest BCUT2D eigenvalue weighted by atomic mass is 10.1. The van der Waals surface area contributed by atoms with Gasteiger partial charge < -0.3 is 15.5 Å². The Bertz CT molecular complexity index is 863. The summed E-state index contributed by atoms with van der Waals surface area (Å²) in [5, 5.41) is 4.49. The first-order valence-corrected chi connectivity index (χ1v) is 9.58. The lowest BCUT2D eigenvalue weighted by Gasteiger charge is -2.03. The van der Waals surface area contributed by atoms with E-state index in [2.05, 4.69) is 35.4 Å². The minimum atomic E-state index is 0.107. The maximum absolute atomic E-state index is 6.01. The van der Waals surface area contributed by atoms with Crippen LogP contribution in [0.25, 0.3) is 10.2 Å². The van der Waals surface area contributed by atoms with Crippen molar-refractivity contribution in [2.75, 3.05) is 5.32 Å². The predicted molar refractivity (Wildman–Crippen MR) is 103 cm³/mol. The summed E-state index contributed by atoms with van der Waals surface area (Å²) in [6.07, 6.45) is 2.51. The molecule has 4 nitrogen and oxygen atoms in total. The smallest absolute Gasteiger partial charge is 0.127 e. The molecule has 0 aliphatic heterocycles. The second-order valence-corrected chi connectivity index (χ2v) is 8.01. The van der Waals surface area contributed by atoms with Gasteiger partial charge in [0.1, 0.15) is 16.3 Å². The molecule has 3 aromatic rings. The molecule has 3 rings (SSSR count). The fourth-order valence-corrected chi connectivity index (χ4v) is 4.54. The number of fused-ring (bicyclic) bond motifs is 1. The first-order chi connectivity index (χ1) is 11.5. The highest BCUT2D eigenvalue weighted by Gasteiger charge is 2.18. The molecule has 3 heterocycles. The van der Waals surface area contributed by atoms with Crippen LogP contribution in [0, 0.1) is 17.8 Å². The Hall–Kier alpha value is -1.81. The van der Waals surface area contributed by atoms with Crippen molar-refractivity contribution in [2.24, 2.45) is 11.7 Å². The Morgan fingerprint density at radius 3 is 2.88 bits per heavy atom. The Balaban J connectivity index is 1.94. The van der Waals surface area contributed by atoms with E-state index in [1.807, 2.05) is 19.1 Å². The van der Waals surface area contributed by atoms with Crippen LogP contribution in [0.3, 0.4) is 0 Å². The highest BCUT2D eigenvalue weighted by atomic mass is 32.1. The standard InChI is InChI=1S/C18H21N3OS2/c1-11(2)6-7-14-15(9-12(3)19)23-17-16(14)21-24-18(17)20-10-13-5-4-8-22-13/h4-5,8,11-12,20H,9-10,19H2,1-3H3/t12-/m0/s1. The molecule has 0 spiro atoms. The van der Waals surface area contributed by atoms with Crippen molar-refractivity contribution < 1.29 is 4.42 Å². The third-order valence-corrected chi connectivity index (χ3v) is 5.54. The van der Waals surface area contributed by atoms with Crippen molar-refractivity contribution in [2.45, 2.75) is 39.8 Å². The van der Waals surface area contributed by atoms with Gasteiger partial charge in [-0.3, -0.25) is 0 Å². The minimum Gasteiger partial charge on any atom is -0.467 e. The van der Waals surface area contributed by atoms with Crippen LogP contribution >= 0.6 is 22.9 Å². The van der Waals surface area contributed by atoms with Crippen LogP contribution in [0.15, 0.2) is 22.8 Å². The number of hydrogen-bond donors (Lipinski definition) is 2. The summed E-state index contributed by atoms with van der Waals surface area (Å²) >= 11 is 3.22. The molecule has 24 heavy (non-hydrogen) atoms. The van der Waals surface area contributed by atoms with Crippen molar-refractivity contribution in [3.63, 3.8) is 0 Å². The van der Waals surface area contributed by atoms with Crippen LogP contribution in [0.2, 0.25) is 0 Å². The van der Waals surface area contributed by atoms with E-state index in [1.165, 1.54) is 16.4 Å². The molecule has 0 fully saturated rings. The molecular weight excluding hydrogens is 338 g/mol. The molecule has 0 bridgehead atoms. The molecule has 0 aliphatic rings. The van der Waals surface area contributed by atoms with Gasteiger partial charge in [0.15, 0.2) is 0 Å². The second kappa shape index (κ2) is 7.39. The first kappa shape index (κ1) is 17.0. The first-order valence-electron chi connectivity index (χ1n) is 7.99. The van der Waals surface area contributed by atoms with Crippen molar-refractivity contribution in [1.29, 1.82) is 0 Å². The quantitative estimate of drug-likeness (QED) is 0.660. The molecule has 1 atom stereocenters. The van der Waals surface area contributed by atoms with Gasteiger partial charge in [0.25, 0.3) is 0 Å². The van der Waals surface area contributed by atoms with Gasteiger partial charge in [0, 0.05) is 16.8 Å². The molecule has 3 aromatic heterocycles. The van der Waals surface area contributed by atoms with Crippen LogP contribution < -0.4 is 11.1 Å². The zero-order chi connectivity index (χ0) is 17.1. The number of rotatable bonds is 5. The van der Waals surface area contributed by atoms with Gasteiger partial charge in [-0.25, -0.2) is 0 Å². The van der Waals surface area contributed by atoms with Gasteiger partial charge in [-0.15, -0.1) is 11.3 Å². The Labute approximate surface area is 150 Å². The summed E-state index contributed by atoms with van der Waals surface area (Å²) in [7, 11) is 0. The topological polar surface area (TPSA) is 64.1 Å². The van der Waals surface area contributed by atoms with E-state index in [-0.39, 0.29) is 6.04 Å². The van der Waals surface area contributed by atoms with Gasteiger partial charge in [-0.2, -0.15) is 4.37 Å². The number of nitrogens with zero attached hydrogens (tertiary/aromatic N) is 1. The average molecular weight is 360 g/mol. The van der Waals surface area contributed by atoms with Crippen LogP contribution in [-0.4, -0.2) is 10.4 Å². The summed E-state index contributed by atoms with van der Waals surface area (Å²) in [5.41, 5.74) is 8.05. The van der Waals surface area contributed by atoms with E-state index in [9.17, 15) is 0 Å². The lowest BCUT2D eigenvalue weighted by molar-refractivity contribution is 0.518. The van der Waals surface area contributed by atoms with Crippen LogP contribution in [0.5, 0.6) is 0 Å². The predicted octanol–water partition coefficient (Wildman–Crippen LogP) is 4.46. The highest BCUT2D eigenvalue weighted by molar-refractivity contribution is 7.24. The average Bonchev–Trinajstić information content (AvgIpc) is 3.20. The molecule has 0 saturated heterocycles. The van der Waals surface area contributed by atoms with Crippen molar-refractivity contribution in [1.82, 2.24) is 4.37 Å². The Morgan fingerprint density at radius 2 is 2.21 bits per heavy atom. The van der Waals surface area contributed by atoms with E-state index < -0.39 is 0 Å². The van der Waals surface area contributed by atoms with Gasteiger partial charge in [0.2, 0.25) is 0 Å². The molecule has 0 saturated carbocycles. The number of furan rings is 1. The second-order valence-electron chi connectivity index (χ2n) is 6.13. The van der Waals surface area contributed by atoms with Crippen LogP contribution in [0.4, 0.5) is 5.00 Å². The Morgan fingerprint density at radius 1 is 1.38 bits per heavy atom. The number of anilines is 1. The molecule has 0 aliphatic carbocycles.